The minimum absolute atomic E-state index is 0.115. The number of alkyl halides is 1. The maximum atomic E-state index is 11.5. The molecule has 1 N–H and O–H groups in total. The van der Waals surface area contributed by atoms with Gasteiger partial charge < -0.3 is 5.32 Å². The molecule has 1 atom stereocenters. The lowest BCUT2D eigenvalue weighted by molar-refractivity contribution is -0.115. The molecule has 0 saturated carbocycles. The zero-order chi connectivity index (χ0) is 11.4. The molecular weight excluding hydrogens is 305 g/mol. The first-order valence-electron chi connectivity index (χ1n) is 4.17. The third-order valence-electron chi connectivity index (χ3n) is 1.63. The molecule has 82 valence electrons. The van der Waals surface area contributed by atoms with Crippen LogP contribution in [0.2, 0.25) is 10.2 Å². The predicted molar refractivity (Wildman–Crippen MR) is 63.7 cm³/mol. The van der Waals surface area contributed by atoms with Gasteiger partial charge in [-0.15, -0.1) is 0 Å². The molecule has 0 radical (unpaired) electrons. The van der Waals surface area contributed by atoms with Gasteiger partial charge in [-0.3, -0.25) is 4.79 Å². The SMILES string of the molecule is CCC(Br)C(=O)Nc1ncnc(Cl)c1Cl. The Balaban J connectivity index is 2.81. The summed E-state index contributed by atoms with van der Waals surface area (Å²) in [6.07, 6.45) is 1.90. The number of rotatable bonds is 3. The van der Waals surface area contributed by atoms with Crippen LogP contribution in [0.4, 0.5) is 5.82 Å². The highest BCUT2D eigenvalue weighted by Gasteiger charge is 2.15. The molecule has 0 bridgehead atoms. The van der Waals surface area contributed by atoms with Crippen LogP contribution in [-0.4, -0.2) is 20.7 Å². The number of halogens is 3. The molecule has 0 fully saturated rings. The lowest BCUT2D eigenvalue weighted by atomic mass is 10.3. The summed E-state index contributed by atoms with van der Waals surface area (Å²) in [5.41, 5.74) is 0. The summed E-state index contributed by atoms with van der Waals surface area (Å²) in [4.78, 5) is 18.7. The molecule has 1 unspecified atom stereocenters. The first-order chi connectivity index (χ1) is 7.06. The van der Waals surface area contributed by atoms with E-state index in [1.165, 1.54) is 6.33 Å². The Morgan fingerprint density at radius 2 is 2.27 bits per heavy atom. The largest absolute Gasteiger partial charge is 0.308 e. The van der Waals surface area contributed by atoms with Crippen LogP contribution in [0.25, 0.3) is 0 Å². The van der Waals surface area contributed by atoms with E-state index >= 15 is 0 Å². The summed E-state index contributed by atoms with van der Waals surface area (Å²) < 4.78 is 0. The molecule has 1 amide bonds. The number of carbonyl (C=O) groups is 1. The van der Waals surface area contributed by atoms with Crippen molar-refractivity contribution >= 4 is 50.9 Å². The quantitative estimate of drug-likeness (QED) is 0.689. The molecule has 0 aliphatic heterocycles. The molecule has 1 rings (SSSR count). The van der Waals surface area contributed by atoms with Gasteiger partial charge in [-0.05, 0) is 6.42 Å². The summed E-state index contributed by atoms with van der Waals surface area (Å²) >= 11 is 14.7. The van der Waals surface area contributed by atoms with Crippen LogP contribution in [0.3, 0.4) is 0 Å². The molecule has 0 aliphatic rings. The van der Waals surface area contributed by atoms with E-state index in [2.05, 4.69) is 31.2 Å². The molecule has 0 aromatic carbocycles. The van der Waals surface area contributed by atoms with Gasteiger partial charge in [0.25, 0.3) is 0 Å². The molecule has 0 aliphatic carbocycles. The first kappa shape index (κ1) is 12.7. The number of hydrogen-bond donors (Lipinski definition) is 1. The second kappa shape index (κ2) is 5.63. The third kappa shape index (κ3) is 3.29. The van der Waals surface area contributed by atoms with Crippen LogP contribution in [0.5, 0.6) is 0 Å². The topological polar surface area (TPSA) is 54.9 Å². The van der Waals surface area contributed by atoms with E-state index in [0.717, 1.165) is 0 Å². The van der Waals surface area contributed by atoms with Gasteiger partial charge in [-0.1, -0.05) is 46.1 Å². The monoisotopic (exact) mass is 311 g/mol. The summed E-state index contributed by atoms with van der Waals surface area (Å²) in [6, 6.07) is 0. The molecule has 1 aromatic rings. The molecule has 0 spiro atoms. The van der Waals surface area contributed by atoms with E-state index in [1.807, 2.05) is 6.92 Å². The Hall–Kier alpha value is -0.390. The molecule has 1 aromatic heterocycles. The molecule has 0 saturated heterocycles. The molecule has 1 heterocycles. The number of nitrogens with one attached hydrogen (secondary N) is 1. The standard InChI is InChI=1S/C8H8BrCl2N3O/c1-2-4(9)8(15)14-7-5(10)6(11)12-3-13-7/h3-4H,2H2,1H3,(H,12,13,14,15). The number of hydrogen-bond acceptors (Lipinski definition) is 3. The van der Waals surface area contributed by atoms with Gasteiger partial charge in [0, 0.05) is 0 Å². The van der Waals surface area contributed by atoms with Gasteiger partial charge in [0.05, 0.1) is 4.83 Å². The highest BCUT2D eigenvalue weighted by atomic mass is 79.9. The number of amides is 1. The average Bonchev–Trinajstić information content (AvgIpc) is 2.23. The zero-order valence-electron chi connectivity index (χ0n) is 7.80. The van der Waals surface area contributed by atoms with Crippen molar-refractivity contribution in [1.82, 2.24) is 9.97 Å². The van der Waals surface area contributed by atoms with Crippen molar-refractivity contribution in [2.24, 2.45) is 0 Å². The van der Waals surface area contributed by atoms with Crippen LogP contribution in [0.15, 0.2) is 6.33 Å². The molecule has 4 nitrogen and oxygen atoms in total. The Morgan fingerprint density at radius 1 is 1.60 bits per heavy atom. The van der Waals surface area contributed by atoms with Crippen molar-refractivity contribution in [3.05, 3.63) is 16.5 Å². The Bertz CT molecular complexity index is 375. The smallest absolute Gasteiger partial charge is 0.239 e. The van der Waals surface area contributed by atoms with E-state index in [0.29, 0.717) is 6.42 Å². The molecule has 15 heavy (non-hydrogen) atoms. The molecular formula is C8H8BrCl2N3O. The fourth-order valence-corrected chi connectivity index (χ4v) is 1.21. The van der Waals surface area contributed by atoms with E-state index < -0.39 is 0 Å². The number of aromatic nitrogens is 2. The predicted octanol–water partition coefficient (Wildman–Crippen LogP) is 2.90. The number of nitrogens with zero attached hydrogens (tertiary/aromatic N) is 2. The maximum Gasteiger partial charge on any atom is 0.239 e. The van der Waals surface area contributed by atoms with E-state index in [-0.39, 0.29) is 26.7 Å². The van der Waals surface area contributed by atoms with Crippen molar-refractivity contribution in [2.45, 2.75) is 18.2 Å². The fraction of sp³-hybridized carbons (Fsp3) is 0.375. The highest BCUT2D eigenvalue weighted by molar-refractivity contribution is 9.10. The summed E-state index contributed by atoms with van der Waals surface area (Å²) in [7, 11) is 0. The van der Waals surface area contributed by atoms with Crippen molar-refractivity contribution in [3.63, 3.8) is 0 Å². The zero-order valence-corrected chi connectivity index (χ0v) is 10.9. The van der Waals surface area contributed by atoms with Crippen LogP contribution < -0.4 is 5.32 Å². The number of carbonyl (C=O) groups excluding carboxylic acids is 1. The van der Waals surface area contributed by atoms with E-state index in [1.54, 1.807) is 0 Å². The highest BCUT2D eigenvalue weighted by Crippen LogP contribution is 2.25. The Morgan fingerprint density at radius 3 is 2.87 bits per heavy atom. The maximum absolute atomic E-state index is 11.5. The van der Waals surface area contributed by atoms with Crippen molar-refractivity contribution in [2.75, 3.05) is 5.32 Å². The Labute approximate surface area is 106 Å². The van der Waals surface area contributed by atoms with Crippen LogP contribution in [-0.2, 0) is 4.79 Å². The second-order valence-electron chi connectivity index (χ2n) is 2.69. The summed E-state index contributed by atoms with van der Waals surface area (Å²) in [5, 5.41) is 2.81. The summed E-state index contributed by atoms with van der Waals surface area (Å²) in [5.74, 6) is 0.00809. The average molecular weight is 313 g/mol. The Kier molecular flexibility index (Phi) is 4.76. The van der Waals surface area contributed by atoms with Crippen molar-refractivity contribution in [1.29, 1.82) is 0 Å². The fourth-order valence-electron chi connectivity index (χ4n) is 0.816. The summed E-state index contributed by atoms with van der Waals surface area (Å²) in [6.45, 7) is 1.88. The van der Waals surface area contributed by atoms with E-state index in [9.17, 15) is 4.79 Å². The minimum Gasteiger partial charge on any atom is -0.308 e. The van der Waals surface area contributed by atoms with Gasteiger partial charge in [0.2, 0.25) is 5.91 Å². The lowest BCUT2D eigenvalue weighted by Gasteiger charge is -2.09. The van der Waals surface area contributed by atoms with E-state index in [4.69, 9.17) is 23.2 Å². The minimum atomic E-state index is -0.276. The van der Waals surface area contributed by atoms with Gasteiger partial charge in [0.1, 0.15) is 11.3 Å². The lowest BCUT2D eigenvalue weighted by Crippen LogP contribution is -2.22. The second-order valence-corrected chi connectivity index (χ2v) is 4.53. The van der Waals surface area contributed by atoms with Crippen LogP contribution >= 0.6 is 39.1 Å². The van der Waals surface area contributed by atoms with Crippen LogP contribution in [0.1, 0.15) is 13.3 Å². The van der Waals surface area contributed by atoms with Gasteiger partial charge in [-0.25, -0.2) is 9.97 Å². The number of anilines is 1. The van der Waals surface area contributed by atoms with Crippen molar-refractivity contribution in [3.8, 4) is 0 Å². The van der Waals surface area contributed by atoms with Gasteiger partial charge >= 0.3 is 0 Å². The normalized spacial score (nSPS) is 12.3. The van der Waals surface area contributed by atoms with Gasteiger partial charge in [-0.2, -0.15) is 0 Å². The first-order valence-corrected chi connectivity index (χ1v) is 5.84. The van der Waals surface area contributed by atoms with Gasteiger partial charge in [0.15, 0.2) is 11.0 Å². The molecule has 7 heteroatoms. The van der Waals surface area contributed by atoms with Crippen molar-refractivity contribution < 1.29 is 4.79 Å². The van der Waals surface area contributed by atoms with Crippen LogP contribution in [0, 0.1) is 0 Å². The third-order valence-corrected chi connectivity index (χ3v) is 3.44.